The van der Waals surface area contributed by atoms with Crippen molar-refractivity contribution in [2.24, 2.45) is 0 Å². The maximum absolute atomic E-state index is 12.0. The molecule has 1 amide bonds. The van der Waals surface area contributed by atoms with Crippen molar-refractivity contribution in [2.45, 2.75) is 20.3 Å². The molecule has 1 heterocycles. The van der Waals surface area contributed by atoms with Crippen LogP contribution in [0.3, 0.4) is 0 Å². The maximum Gasteiger partial charge on any atom is 0.340 e. The molecule has 0 spiro atoms. The molecule has 0 bridgehead atoms. The summed E-state index contributed by atoms with van der Waals surface area (Å²) in [6.07, 6.45) is -0.315. The Balaban J connectivity index is 2.45. The van der Waals surface area contributed by atoms with Gasteiger partial charge in [0.1, 0.15) is 17.9 Å². The molecule has 0 unspecified atom stereocenters. The lowest BCUT2D eigenvalue weighted by Gasteiger charge is -2.09. The van der Waals surface area contributed by atoms with Gasteiger partial charge in [0.15, 0.2) is 0 Å². The number of aryl methyl sites for hydroxylation is 2. The van der Waals surface area contributed by atoms with Gasteiger partial charge in [-0.25, -0.2) is 4.79 Å². The van der Waals surface area contributed by atoms with Crippen LogP contribution in [-0.2, 0) is 16.0 Å². The number of phenols is 1. The van der Waals surface area contributed by atoms with Gasteiger partial charge in [-0.2, -0.15) is 0 Å². The number of aliphatic carboxylic acids is 1. The number of rotatable bonds is 4. The van der Waals surface area contributed by atoms with Crippen molar-refractivity contribution < 1.29 is 24.2 Å². The van der Waals surface area contributed by atoms with E-state index in [4.69, 9.17) is 9.52 Å². The number of fused-ring (bicyclic) bond motifs is 1. The third-order valence-corrected chi connectivity index (χ3v) is 3.28. The van der Waals surface area contributed by atoms with Crippen molar-refractivity contribution in [3.63, 3.8) is 0 Å². The zero-order valence-electron chi connectivity index (χ0n) is 12.1. The summed E-state index contributed by atoms with van der Waals surface area (Å²) < 4.78 is 5.15. The molecule has 7 heteroatoms. The molecule has 1 aromatic heterocycles. The molecule has 7 nitrogen and oxygen atoms in total. The van der Waals surface area contributed by atoms with Crippen LogP contribution in [0, 0.1) is 13.8 Å². The summed E-state index contributed by atoms with van der Waals surface area (Å²) in [7, 11) is 0. The first-order valence-electron chi connectivity index (χ1n) is 6.54. The lowest BCUT2D eigenvalue weighted by Crippen LogP contribution is -2.32. The third kappa shape index (κ3) is 3.08. The first-order valence-corrected chi connectivity index (χ1v) is 6.54. The van der Waals surface area contributed by atoms with Gasteiger partial charge >= 0.3 is 11.6 Å². The summed E-state index contributed by atoms with van der Waals surface area (Å²) >= 11 is 0. The molecule has 0 radical (unpaired) electrons. The van der Waals surface area contributed by atoms with Gasteiger partial charge in [0.05, 0.1) is 17.4 Å². The van der Waals surface area contributed by atoms with Crippen LogP contribution in [0.1, 0.15) is 16.7 Å². The van der Waals surface area contributed by atoms with Crippen molar-refractivity contribution in [1.29, 1.82) is 0 Å². The number of carboxylic acid groups (broad SMARTS) is 1. The summed E-state index contributed by atoms with van der Waals surface area (Å²) in [6, 6.07) is 3.15. The zero-order chi connectivity index (χ0) is 16.4. The van der Waals surface area contributed by atoms with Crippen molar-refractivity contribution in [2.75, 3.05) is 6.54 Å². The van der Waals surface area contributed by atoms with E-state index < -0.39 is 24.0 Å². The van der Waals surface area contributed by atoms with Gasteiger partial charge in [-0.05, 0) is 37.1 Å². The van der Waals surface area contributed by atoms with E-state index in [2.05, 4.69) is 5.32 Å². The fourth-order valence-electron chi connectivity index (χ4n) is 2.26. The Morgan fingerprint density at radius 3 is 2.59 bits per heavy atom. The topological polar surface area (TPSA) is 117 Å². The molecule has 0 aliphatic carbocycles. The number of amides is 1. The van der Waals surface area contributed by atoms with E-state index in [9.17, 15) is 19.5 Å². The quantitative estimate of drug-likeness (QED) is 0.721. The second-order valence-corrected chi connectivity index (χ2v) is 5.00. The summed E-state index contributed by atoms with van der Waals surface area (Å²) in [5.41, 5.74) is 0.832. The fraction of sp³-hybridized carbons (Fsp3) is 0.267. The molecule has 0 aliphatic heterocycles. The number of hydrogen-bond acceptors (Lipinski definition) is 5. The van der Waals surface area contributed by atoms with Crippen LogP contribution < -0.4 is 10.9 Å². The lowest BCUT2D eigenvalue weighted by molar-refractivity contribution is -0.137. The SMILES string of the molecule is Cc1cc(O)c2c(C)c(CC(=O)NCC(=O)O)c(=O)oc2c1. The monoisotopic (exact) mass is 305 g/mol. The third-order valence-electron chi connectivity index (χ3n) is 3.28. The van der Waals surface area contributed by atoms with E-state index in [-0.39, 0.29) is 23.3 Å². The van der Waals surface area contributed by atoms with Crippen LogP contribution in [-0.4, -0.2) is 28.6 Å². The van der Waals surface area contributed by atoms with Gasteiger partial charge in [0.2, 0.25) is 5.91 Å². The van der Waals surface area contributed by atoms with Crippen LogP contribution >= 0.6 is 0 Å². The van der Waals surface area contributed by atoms with Crippen LogP contribution in [0.2, 0.25) is 0 Å². The van der Waals surface area contributed by atoms with Gasteiger partial charge in [0.25, 0.3) is 0 Å². The fourth-order valence-corrected chi connectivity index (χ4v) is 2.26. The van der Waals surface area contributed by atoms with E-state index in [0.717, 1.165) is 5.56 Å². The van der Waals surface area contributed by atoms with Crippen LogP contribution in [0.25, 0.3) is 11.0 Å². The predicted molar refractivity (Wildman–Crippen MR) is 78.0 cm³/mol. The highest BCUT2D eigenvalue weighted by atomic mass is 16.4. The highest BCUT2D eigenvalue weighted by molar-refractivity contribution is 5.89. The molecule has 116 valence electrons. The van der Waals surface area contributed by atoms with E-state index in [1.807, 2.05) is 0 Å². The van der Waals surface area contributed by atoms with Crippen LogP contribution in [0.4, 0.5) is 0 Å². The molecule has 2 aromatic rings. The van der Waals surface area contributed by atoms with E-state index in [0.29, 0.717) is 10.9 Å². The van der Waals surface area contributed by atoms with Gasteiger partial charge in [-0.3, -0.25) is 9.59 Å². The van der Waals surface area contributed by atoms with Crippen LogP contribution in [0.5, 0.6) is 5.75 Å². The minimum atomic E-state index is -1.18. The zero-order valence-corrected chi connectivity index (χ0v) is 12.1. The van der Waals surface area contributed by atoms with E-state index >= 15 is 0 Å². The number of carboxylic acids is 1. The molecule has 0 saturated carbocycles. The largest absolute Gasteiger partial charge is 0.507 e. The molecule has 0 aliphatic rings. The van der Waals surface area contributed by atoms with Gasteiger partial charge in [0, 0.05) is 0 Å². The highest BCUT2D eigenvalue weighted by Gasteiger charge is 2.17. The molecule has 0 atom stereocenters. The highest BCUT2D eigenvalue weighted by Crippen LogP contribution is 2.29. The maximum atomic E-state index is 12.0. The Morgan fingerprint density at radius 2 is 1.95 bits per heavy atom. The van der Waals surface area contributed by atoms with Crippen molar-refractivity contribution in [3.8, 4) is 5.75 Å². The average Bonchev–Trinajstić information content (AvgIpc) is 2.40. The van der Waals surface area contributed by atoms with Crippen molar-refractivity contribution in [1.82, 2.24) is 5.32 Å². The first kappa shape index (κ1) is 15.6. The molecular weight excluding hydrogens is 290 g/mol. The Labute approximate surface area is 125 Å². The predicted octanol–water partition coefficient (Wildman–Crippen LogP) is 0.859. The van der Waals surface area contributed by atoms with Crippen molar-refractivity contribution in [3.05, 3.63) is 39.2 Å². The minimum Gasteiger partial charge on any atom is -0.507 e. The Hall–Kier alpha value is -2.83. The van der Waals surface area contributed by atoms with Gasteiger partial charge in [-0.1, -0.05) is 0 Å². The number of hydrogen-bond donors (Lipinski definition) is 3. The summed E-state index contributed by atoms with van der Waals surface area (Å²) in [4.78, 5) is 34.1. The second kappa shape index (κ2) is 5.88. The Kier molecular flexibility index (Phi) is 4.16. The minimum absolute atomic E-state index is 0.0385. The summed E-state index contributed by atoms with van der Waals surface area (Å²) in [6.45, 7) is 2.83. The second-order valence-electron chi connectivity index (χ2n) is 5.00. The molecule has 1 aromatic carbocycles. The molecule has 22 heavy (non-hydrogen) atoms. The summed E-state index contributed by atoms with van der Waals surface area (Å²) in [5, 5.41) is 21.1. The first-order chi connectivity index (χ1) is 10.3. The Bertz CT molecular complexity index is 821. The Morgan fingerprint density at radius 1 is 1.27 bits per heavy atom. The smallest absolute Gasteiger partial charge is 0.340 e. The average molecular weight is 305 g/mol. The number of carbonyl (C=O) groups excluding carboxylic acids is 1. The van der Waals surface area contributed by atoms with E-state index in [1.54, 1.807) is 19.9 Å². The molecule has 2 rings (SSSR count). The molecule has 0 saturated heterocycles. The van der Waals surface area contributed by atoms with Crippen molar-refractivity contribution >= 4 is 22.8 Å². The van der Waals surface area contributed by atoms with E-state index in [1.165, 1.54) is 6.07 Å². The van der Waals surface area contributed by atoms with Gasteiger partial charge < -0.3 is 19.9 Å². The summed E-state index contributed by atoms with van der Waals surface area (Å²) in [5.74, 6) is -1.82. The molecule has 0 fully saturated rings. The number of benzene rings is 1. The number of phenolic OH excluding ortho intramolecular Hbond substituents is 1. The normalized spacial score (nSPS) is 10.6. The standard InChI is InChI=1S/C15H15NO6/c1-7-3-10(17)14-8(2)9(15(21)22-11(14)4-7)5-12(18)16-6-13(19)20/h3-4,17H,5-6H2,1-2H3,(H,16,18)(H,19,20). The van der Waals surface area contributed by atoms with Gasteiger partial charge in [-0.15, -0.1) is 0 Å². The number of carbonyl (C=O) groups is 2. The number of aromatic hydroxyl groups is 1. The molecule has 3 N–H and O–H groups in total. The number of nitrogens with one attached hydrogen (secondary N) is 1. The molecular formula is C15H15NO6. The lowest BCUT2D eigenvalue weighted by atomic mass is 10.0. The van der Waals surface area contributed by atoms with Crippen LogP contribution in [0.15, 0.2) is 21.3 Å².